The second kappa shape index (κ2) is 5.44. The van der Waals surface area contributed by atoms with Crippen LogP contribution in [0, 0.1) is 41.4 Å². The standard InChI is InChI=1S/C22H30O3/c1-4-21-13-20(3,24)19-16-9-7-15(23)12-14(16)6-8-17(19)18(21)10-11-22(21,25)5-2/h2,12,16-19,24-25H,4,6-11,13H2,1,3H3/t16?,17?,18?,19?,20-,21+,22+/m1/s1. The molecule has 0 aromatic heterocycles. The third-order valence-electron chi connectivity index (χ3n) is 8.31. The normalized spacial score (nSPS) is 51.8. The molecule has 3 heteroatoms. The van der Waals surface area contributed by atoms with Crippen LogP contribution in [0.5, 0.6) is 0 Å². The third-order valence-corrected chi connectivity index (χ3v) is 8.31. The van der Waals surface area contributed by atoms with Crippen molar-refractivity contribution in [2.45, 2.75) is 76.4 Å². The Morgan fingerprint density at radius 2 is 2.04 bits per heavy atom. The summed E-state index contributed by atoms with van der Waals surface area (Å²) in [7, 11) is 0. The van der Waals surface area contributed by atoms with Crippen LogP contribution in [0.15, 0.2) is 11.6 Å². The van der Waals surface area contributed by atoms with Crippen LogP contribution in [0.1, 0.15) is 65.2 Å². The number of hydrogen-bond acceptors (Lipinski definition) is 3. The Labute approximate surface area is 150 Å². The Balaban J connectivity index is 1.78. The van der Waals surface area contributed by atoms with Gasteiger partial charge in [-0.2, -0.15) is 0 Å². The number of terminal acetylenes is 1. The lowest BCUT2D eigenvalue weighted by molar-refractivity contribution is -0.191. The van der Waals surface area contributed by atoms with Crippen LogP contribution in [0.3, 0.4) is 0 Å². The smallest absolute Gasteiger partial charge is 0.155 e. The van der Waals surface area contributed by atoms with E-state index in [1.807, 2.05) is 13.0 Å². The van der Waals surface area contributed by atoms with Gasteiger partial charge in [0, 0.05) is 11.8 Å². The van der Waals surface area contributed by atoms with Gasteiger partial charge in [-0.15, -0.1) is 6.42 Å². The third kappa shape index (κ3) is 2.17. The molecule has 0 heterocycles. The van der Waals surface area contributed by atoms with E-state index in [1.54, 1.807) is 0 Å². The Kier molecular flexibility index (Phi) is 3.77. The van der Waals surface area contributed by atoms with Gasteiger partial charge in [0.1, 0.15) is 5.60 Å². The zero-order valence-corrected chi connectivity index (χ0v) is 15.4. The minimum Gasteiger partial charge on any atom is -0.390 e. The molecule has 0 aromatic rings. The summed E-state index contributed by atoms with van der Waals surface area (Å²) in [6, 6.07) is 0. The molecule has 25 heavy (non-hydrogen) atoms. The molecular formula is C22H30O3. The topological polar surface area (TPSA) is 57.5 Å². The fourth-order valence-electron chi connectivity index (χ4n) is 7.44. The molecule has 0 amide bonds. The van der Waals surface area contributed by atoms with Gasteiger partial charge < -0.3 is 10.2 Å². The number of rotatable bonds is 1. The molecule has 3 fully saturated rings. The molecule has 3 nitrogen and oxygen atoms in total. The number of ketones is 1. The number of hydrogen-bond donors (Lipinski definition) is 2. The second-order valence-corrected chi connectivity index (χ2v) is 9.25. The molecule has 4 rings (SSSR count). The van der Waals surface area contributed by atoms with E-state index < -0.39 is 11.2 Å². The molecule has 4 aliphatic carbocycles. The summed E-state index contributed by atoms with van der Waals surface area (Å²) in [6.07, 6.45) is 14.1. The van der Waals surface area contributed by atoms with Crippen molar-refractivity contribution in [2.75, 3.05) is 0 Å². The first-order valence-corrected chi connectivity index (χ1v) is 9.94. The van der Waals surface area contributed by atoms with E-state index in [-0.39, 0.29) is 17.1 Å². The molecule has 0 aromatic carbocycles. The van der Waals surface area contributed by atoms with Gasteiger partial charge in [0.2, 0.25) is 0 Å². The van der Waals surface area contributed by atoms with Gasteiger partial charge >= 0.3 is 0 Å². The first kappa shape index (κ1) is 17.3. The van der Waals surface area contributed by atoms with Gasteiger partial charge in [0.15, 0.2) is 5.78 Å². The number of allylic oxidation sites excluding steroid dienone is 1. The summed E-state index contributed by atoms with van der Waals surface area (Å²) >= 11 is 0. The summed E-state index contributed by atoms with van der Waals surface area (Å²) < 4.78 is 0. The largest absolute Gasteiger partial charge is 0.390 e. The fraction of sp³-hybridized carbons (Fsp3) is 0.773. The fourth-order valence-corrected chi connectivity index (χ4v) is 7.44. The van der Waals surface area contributed by atoms with Crippen molar-refractivity contribution in [3.05, 3.63) is 11.6 Å². The zero-order chi connectivity index (χ0) is 18.0. The second-order valence-electron chi connectivity index (χ2n) is 9.25. The lowest BCUT2D eigenvalue weighted by Crippen LogP contribution is -2.62. The van der Waals surface area contributed by atoms with Gasteiger partial charge in [-0.3, -0.25) is 4.79 Å². The van der Waals surface area contributed by atoms with E-state index in [9.17, 15) is 15.0 Å². The van der Waals surface area contributed by atoms with Gasteiger partial charge in [0.25, 0.3) is 0 Å². The predicted octanol–water partition coefficient (Wildman–Crippen LogP) is 3.24. The molecule has 2 N–H and O–H groups in total. The summed E-state index contributed by atoms with van der Waals surface area (Å²) in [5.41, 5.74) is -1.07. The molecule has 0 spiro atoms. The van der Waals surface area contributed by atoms with E-state index in [2.05, 4.69) is 12.8 Å². The van der Waals surface area contributed by atoms with Gasteiger partial charge in [0.05, 0.1) is 5.60 Å². The van der Waals surface area contributed by atoms with Crippen LogP contribution in [-0.2, 0) is 4.79 Å². The summed E-state index contributed by atoms with van der Waals surface area (Å²) in [5.74, 6) is 4.23. The molecule has 0 aliphatic heterocycles. The molecular weight excluding hydrogens is 312 g/mol. The lowest BCUT2D eigenvalue weighted by atomic mass is 9.45. The highest BCUT2D eigenvalue weighted by molar-refractivity contribution is 5.91. The molecule has 136 valence electrons. The number of aliphatic hydroxyl groups is 2. The molecule has 0 saturated heterocycles. The molecule has 4 unspecified atom stereocenters. The van der Waals surface area contributed by atoms with Crippen LogP contribution in [0.25, 0.3) is 0 Å². The quantitative estimate of drug-likeness (QED) is 0.719. The Hall–Kier alpha value is -1.11. The Bertz CT molecular complexity index is 669. The molecule has 4 aliphatic rings. The van der Waals surface area contributed by atoms with E-state index in [1.165, 1.54) is 5.57 Å². The molecule has 0 bridgehead atoms. The molecule has 3 saturated carbocycles. The first-order valence-electron chi connectivity index (χ1n) is 9.94. The van der Waals surface area contributed by atoms with Gasteiger partial charge in [-0.1, -0.05) is 18.4 Å². The van der Waals surface area contributed by atoms with Crippen molar-refractivity contribution in [2.24, 2.45) is 29.1 Å². The van der Waals surface area contributed by atoms with Crippen LogP contribution in [0.2, 0.25) is 0 Å². The van der Waals surface area contributed by atoms with E-state index in [4.69, 9.17) is 6.42 Å². The zero-order valence-electron chi connectivity index (χ0n) is 15.4. The summed E-state index contributed by atoms with van der Waals surface area (Å²) in [6.45, 7) is 4.07. The lowest BCUT2D eigenvalue weighted by Gasteiger charge is -2.61. The van der Waals surface area contributed by atoms with E-state index in [0.29, 0.717) is 37.0 Å². The maximum Gasteiger partial charge on any atom is 0.155 e. The average Bonchev–Trinajstić information content (AvgIpc) is 2.87. The monoisotopic (exact) mass is 342 g/mol. The Morgan fingerprint density at radius 1 is 1.28 bits per heavy atom. The number of carbonyl (C=O) groups is 1. The number of fused-ring (bicyclic) bond motifs is 5. The maximum atomic E-state index is 11.8. The van der Waals surface area contributed by atoms with Crippen molar-refractivity contribution in [1.82, 2.24) is 0 Å². The summed E-state index contributed by atoms with van der Waals surface area (Å²) in [5, 5.41) is 22.8. The maximum absolute atomic E-state index is 11.8. The van der Waals surface area contributed by atoms with E-state index in [0.717, 1.165) is 32.1 Å². The van der Waals surface area contributed by atoms with Crippen molar-refractivity contribution < 1.29 is 15.0 Å². The van der Waals surface area contributed by atoms with E-state index >= 15 is 0 Å². The van der Waals surface area contributed by atoms with Crippen LogP contribution in [-0.4, -0.2) is 27.2 Å². The minimum atomic E-state index is -1.10. The first-order chi connectivity index (χ1) is 11.8. The average molecular weight is 342 g/mol. The van der Waals surface area contributed by atoms with Crippen molar-refractivity contribution >= 4 is 5.78 Å². The van der Waals surface area contributed by atoms with Crippen LogP contribution >= 0.6 is 0 Å². The summed E-state index contributed by atoms with van der Waals surface area (Å²) in [4.78, 5) is 11.8. The van der Waals surface area contributed by atoms with Crippen LogP contribution < -0.4 is 0 Å². The van der Waals surface area contributed by atoms with Gasteiger partial charge in [-0.05, 0) is 81.6 Å². The highest BCUT2D eigenvalue weighted by Gasteiger charge is 2.68. The molecule has 7 atom stereocenters. The van der Waals surface area contributed by atoms with Crippen molar-refractivity contribution in [3.63, 3.8) is 0 Å². The van der Waals surface area contributed by atoms with Crippen molar-refractivity contribution in [3.8, 4) is 12.3 Å². The number of carbonyl (C=O) groups excluding carboxylic acids is 1. The SMILES string of the molecule is C#C[C@]1(O)CCC2C3CCC4=CC(=O)CCC4C3[C@](C)(O)C[C@@]21CC. The van der Waals surface area contributed by atoms with Crippen LogP contribution in [0.4, 0.5) is 0 Å². The molecule has 0 radical (unpaired) electrons. The minimum absolute atomic E-state index is 0.186. The van der Waals surface area contributed by atoms with Crippen molar-refractivity contribution in [1.29, 1.82) is 0 Å². The Morgan fingerprint density at radius 3 is 2.72 bits per heavy atom. The highest BCUT2D eigenvalue weighted by atomic mass is 16.3. The predicted molar refractivity (Wildman–Crippen MR) is 96.5 cm³/mol. The van der Waals surface area contributed by atoms with Gasteiger partial charge in [-0.25, -0.2) is 0 Å². The highest BCUT2D eigenvalue weighted by Crippen LogP contribution is 2.68.